The molecule has 0 fully saturated rings. The lowest BCUT2D eigenvalue weighted by molar-refractivity contribution is -0.115. The zero-order valence-electron chi connectivity index (χ0n) is 14.6. The molecule has 2 rings (SSSR count). The second kappa shape index (κ2) is 10.6. The third kappa shape index (κ3) is 5.95. The average molecular weight is 644 g/mol. The van der Waals surface area contributed by atoms with Gasteiger partial charge in [0.15, 0.2) is 0 Å². The van der Waals surface area contributed by atoms with Crippen molar-refractivity contribution in [3.63, 3.8) is 0 Å². The SMILES string of the molecule is COc1c(Br)cc(C/C(=N\O)C(=O)NCCc2cc(Br)c(O)c(Br)c2)cc1Br. The normalized spacial score (nSPS) is 11.4. The van der Waals surface area contributed by atoms with Gasteiger partial charge in [0.25, 0.3) is 5.91 Å². The Morgan fingerprint density at radius 2 is 1.57 bits per heavy atom. The first kappa shape index (κ1) is 23.2. The number of carbonyl (C=O) groups is 1. The maximum atomic E-state index is 12.3. The van der Waals surface area contributed by atoms with E-state index >= 15 is 0 Å². The first-order valence-corrected chi connectivity index (χ1v) is 11.1. The van der Waals surface area contributed by atoms with E-state index in [1.165, 1.54) is 0 Å². The number of phenolic OH excluding ortho intramolecular Hbond substituents is 1. The molecular formula is C18H16Br4N2O4. The van der Waals surface area contributed by atoms with E-state index in [0.29, 0.717) is 27.7 Å². The van der Waals surface area contributed by atoms with Gasteiger partial charge in [-0.3, -0.25) is 4.79 Å². The Morgan fingerprint density at radius 1 is 1.04 bits per heavy atom. The first-order valence-electron chi connectivity index (χ1n) is 7.94. The van der Waals surface area contributed by atoms with Crippen molar-refractivity contribution < 1.29 is 19.8 Å². The first-order chi connectivity index (χ1) is 13.3. The minimum absolute atomic E-state index is 0.00275. The molecule has 0 heterocycles. The summed E-state index contributed by atoms with van der Waals surface area (Å²) in [5, 5.41) is 24.9. The highest BCUT2D eigenvalue weighted by molar-refractivity contribution is 9.11. The Kier molecular flexibility index (Phi) is 8.79. The molecule has 28 heavy (non-hydrogen) atoms. The lowest BCUT2D eigenvalue weighted by atomic mass is 10.1. The van der Waals surface area contributed by atoms with Gasteiger partial charge in [0.05, 0.1) is 25.0 Å². The second-order valence-electron chi connectivity index (χ2n) is 5.73. The van der Waals surface area contributed by atoms with E-state index in [4.69, 9.17) is 4.74 Å². The summed E-state index contributed by atoms with van der Waals surface area (Å²) in [6, 6.07) is 7.15. The summed E-state index contributed by atoms with van der Waals surface area (Å²) in [5.74, 6) is 0.309. The predicted molar refractivity (Wildman–Crippen MR) is 122 cm³/mol. The predicted octanol–water partition coefficient (Wildman–Crippen LogP) is 5.18. The van der Waals surface area contributed by atoms with Crippen molar-refractivity contribution in [1.29, 1.82) is 0 Å². The molecule has 2 aromatic carbocycles. The molecule has 3 N–H and O–H groups in total. The zero-order chi connectivity index (χ0) is 20.8. The zero-order valence-corrected chi connectivity index (χ0v) is 20.9. The summed E-state index contributed by atoms with van der Waals surface area (Å²) in [6.07, 6.45) is 0.696. The number of nitrogens with one attached hydrogen (secondary N) is 1. The smallest absolute Gasteiger partial charge is 0.269 e. The molecule has 0 spiro atoms. The number of oxime groups is 1. The number of methoxy groups -OCH3 is 1. The second-order valence-corrected chi connectivity index (χ2v) is 9.15. The lowest BCUT2D eigenvalue weighted by Crippen LogP contribution is -2.33. The van der Waals surface area contributed by atoms with Gasteiger partial charge >= 0.3 is 0 Å². The van der Waals surface area contributed by atoms with Crippen LogP contribution in [0.15, 0.2) is 47.3 Å². The fourth-order valence-electron chi connectivity index (χ4n) is 2.45. The molecule has 10 heteroatoms. The Morgan fingerprint density at radius 3 is 2.07 bits per heavy atom. The molecule has 0 saturated carbocycles. The minimum Gasteiger partial charge on any atom is -0.506 e. The van der Waals surface area contributed by atoms with Gasteiger partial charge in [-0.15, -0.1) is 0 Å². The number of carbonyl (C=O) groups excluding carboxylic acids is 1. The lowest BCUT2D eigenvalue weighted by Gasteiger charge is -2.11. The molecule has 0 aliphatic rings. The monoisotopic (exact) mass is 640 g/mol. The van der Waals surface area contributed by atoms with Gasteiger partial charge in [-0.2, -0.15) is 0 Å². The quantitative estimate of drug-likeness (QED) is 0.220. The third-order valence-electron chi connectivity index (χ3n) is 3.79. The van der Waals surface area contributed by atoms with Crippen molar-refractivity contribution >= 4 is 75.3 Å². The van der Waals surface area contributed by atoms with E-state index in [0.717, 1.165) is 20.1 Å². The number of hydrogen-bond acceptors (Lipinski definition) is 5. The molecule has 6 nitrogen and oxygen atoms in total. The highest BCUT2D eigenvalue weighted by atomic mass is 79.9. The van der Waals surface area contributed by atoms with Crippen LogP contribution in [-0.2, 0) is 17.6 Å². The number of amides is 1. The van der Waals surface area contributed by atoms with E-state index in [1.54, 1.807) is 31.4 Å². The fourth-order valence-corrected chi connectivity index (χ4v) is 5.33. The molecule has 0 saturated heterocycles. The van der Waals surface area contributed by atoms with Crippen LogP contribution in [0, 0.1) is 0 Å². The number of phenols is 1. The summed E-state index contributed by atoms with van der Waals surface area (Å²) < 4.78 is 7.83. The molecule has 150 valence electrons. The van der Waals surface area contributed by atoms with Crippen LogP contribution in [0.25, 0.3) is 0 Å². The van der Waals surface area contributed by atoms with Crippen LogP contribution in [-0.4, -0.2) is 35.6 Å². The molecule has 0 atom stereocenters. The summed E-state index contributed by atoms with van der Waals surface area (Å²) in [6.45, 7) is 0.345. The number of ether oxygens (including phenoxy) is 1. The van der Waals surface area contributed by atoms with Gasteiger partial charge in [-0.25, -0.2) is 0 Å². The minimum atomic E-state index is -0.456. The molecule has 0 bridgehead atoms. The Hall–Kier alpha value is -1.10. The maximum absolute atomic E-state index is 12.3. The van der Waals surface area contributed by atoms with Crippen molar-refractivity contribution in [2.75, 3.05) is 13.7 Å². The van der Waals surface area contributed by atoms with E-state index in [9.17, 15) is 15.1 Å². The molecule has 1 amide bonds. The third-order valence-corrected chi connectivity index (χ3v) is 6.18. The molecular weight excluding hydrogens is 628 g/mol. The molecule has 0 radical (unpaired) electrons. The molecule has 0 aromatic heterocycles. The van der Waals surface area contributed by atoms with Gasteiger partial charge in [-0.1, -0.05) is 5.16 Å². The number of benzene rings is 2. The van der Waals surface area contributed by atoms with Crippen LogP contribution in [0.3, 0.4) is 0 Å². The van der Waals surface area contributed by atoms with Crippen molar-refractivity contribution in [1.82, 2.24) is 5.32 Å². The van der Waals surface area contributed by atoms with Crippen LogP contribution < -0.4 is 10.1 Å². The van der Waals surface area contributed by atoms with Gasteiger partial charge in [0.1, 0.15) is 17.2 Å². The fraction of sp³-hybridized carbons (Fsp3) is 0.222. The summed E-state index contributed by atoms with van der Waals surface area (Å²) >= 11 is 13.4. The van der Waals surface area contributed by atoms with Crippen LogP contribution >= 0.6 is 63.7 Å². The topological polar surface area (TPSA) is 91.2 Å². The van der Waals surface area contributed by atoms with Gasteiger partial charge < -0.3 is 20.4 Å². The van der Waals surface area contributed by atoms with E-state index in [1.807, 2.05) is 0 Å². The van der Waals surface area contributed by atoms with Crippen molar-refractivity contribution in [3.8, 4) is 11.5 Å². The van der Waals surface area contributed by atoms with Gasteiger partial charge in [-0.05, 0) is 106 Å². The molecule has 0 aliphatic carbocycles. The van der Waals surface area contributed by atoms with Crippen LogP contribution in [0.2, 0.25) is 0 Å². The molecule has 0 aliphatic heterocycles. The van der Waals surface area contributed by atoms with Crippen molar-refractivity contribution in [2.45, 2.75) is 12.8 Å². The summed E-state index contributed by atoms with van der Waals surface area (Å²) in [5.41, 5.74) is 1.69. The average Bonchev–Trinajstić information content (AvgIpc) is 2.63. The van der Waals surface area contributed by atoms with Crippen LogP contribution in [0.4, 0.5) is 0 Å². The van der Waals surface area contributed by atoms with E-state index in [2.05, 4.69) is 74.2 Å². The highest BCUT2D eigenvalue weighted by Crippen LogP contribution is 2.35. The summed E-state index contributed by atoms with van der Waals surface area (Å²) in [4.78, 5) is 12.3. The number of rotatable bonds is 7. The van der Waals surface area contributed by atoms with Crippen LogP contribution in [0.5, 0.6) is 11.5 Å². The number of aromatic hydroxyl groups is 1. The van der Waals surface area contributed by atoms with Crippen molar-refractivity contribution in [3.05, 3.63) is 53.3 Å². The molecule has 0 unspecified atom stereocenters. The maximum Gasteiger partial charge on any atom is 0.269 e. The van der Waals surface area contributed by atoms with Crippen LogP contribution in [0.1, 0.15) is 11.1 Å². The van der Waals surface area contributed by atoms with Gasteiger partial charge in [0.2, 0.25) is 0 Å². The van der Waals surface area contributed by atoms with E-state index in [-0.39, 0.29) is 17.9 Å². The number of hydrogen-bond donors (Lipinski definition) is 3. The largest absolute Gasteiger partial charge is 0.506 e. The van der Waals surface area contributed by atoms with E-state index < -0.39 is 5.91 Å². The summed E-state index contributed by atoms with van der Waals surface area (Å²) in [7, 11) is 1.56. The number of nitrogens with zero attached hydrogens (tertiary/aromatic N) is 1. The Balaban J connectivity index is 1.99. The standard InChI is InChI=1S/C18H16Br4N2O4/c1-28-17-13(21)6-10(7-14(17)22)8-15(24-27)18(26)23-3-2-9-4-11(19)16(25)12(20)5-9/h4-7,25,27H,2-3,8H2,1H3,(H,23,26)/b24-15+. The Labute approximate surface area is 195 Å². The number of halogens is 4. The highest BCUT2D eigenvalue weighted by Gasteiger charge is 2.16. The molecule has 2 aromatic rings. The Bertz CT molecular complexity index is 872. The van der Waals surface area contributed by atoms with Crippen molar-refractivity contribution in [2.24, 2.45) is 5.16 Å². The van der Waals surface area contributed by atoms with Gasteiger partial charge in [0, 0.05) is 13.0 Å².